The lowest BCUT2D eigenvalue weighted by Gasteiger charge is -2.15. The van der Waals surface area contributed by atoms with Crippen LogP contribution in [0.5, 0.6) is 0 Å². The van der Waals surface area contributed by atoms with E-state index in [4.69, 9.17) is 0 Å². The number of pyridine rings is 1. The number of benzene rings is 1. The summed E-state index contributed by atoms with van der Waals surface area (Å²) in [5.74, 6) is 0. The minimum Gasteiger partial charge on any atom is -0.311 e. The van der Waals surface area contributed by atoms with E-state index in [-0.39, 0.29) is 10.9 Å². The smallest absolute Gasteiger partial charge is 0.311 e. The van der Waals surface area contributed by atoms with E-state index in [1.807, 2.05) is 0 Å². The SMILES string of the molecule is Cn1c(=O)cc(C(F)(F)F)c2ccc(NC(F)(F)F)cc21. The molecular formula is C12H8F6N2O. The molecule has 0 radical (unpaired) electrons. The largest absolute Gasteiger partial charge is 0.482 e. The van der Waals surface area contributed by atoms with Crippen molar-refractivity contribution in [3.63, 3.8) is 0 Å². The van der Waals surface area contributed by atoms with Crippen LogP contribution in [0.1, 0.15) is 5.56 Å². The van der Waals surface area contributed by atoms with Crippen LogP contribution in [0, 0.1) is 0 Å². The van der Waals surface area contributed by atoms with Gasteiger partial charge in [-0.25, -0.2) is 0 Å². The van der Waals surface area contributed by atoms with E-state index < -0.39 is 29.3 Å². The molecule has 1 N–H and O–H groups in total. The normalized spacial score (nSPS) is 12.7. The fraction of sp³-hybridized carbons (Fsp3) is 0.250. The molecule has 0 unspecified atom stereocenters. The molecule has 0 aliphatic rings. The topological polar surface area (TPSA) is 34.0 Å². The van der Waals surface area contributed by atoms with Gasteiger partial charge < -0.3 is 4.57 Å². The Labute approximate surface area is 113 Å². The Kier molecular flexibility index (Phi) is 3.38. The van der Waals surface area contributed by atoms with Crippen LogP contribution in [0.25, 0.3) is 10.9 Å². The lowest BCUT2D eigenvalue weighted by molar-refractivity contribution is -0.136. The molecule has 0 atom stereocenters. The highest BCUT2D eigenvalue weighted by atomic mass is 19.4. The van der Waals surface area contributed by atoms with Crippen molar-refractivity contribution in [3.05, 3.63) is 40.2 Å². The van der Waals surface area contributed by atoms with Gasteiger partial charge in [-0.3, -0.25) is 10.1 Å². The molecule has 0 aliphatic heterocycles. The summed E-state index contributed by atoms with van der Waals surface area (Å²) in [6.45, 7) is 0. The van der Waals surface area contributed by atoms with Gasteiger partial charge in [0.05, 0.1) is 11.1 Å². The number of halogens is 6. The number of aromatic nitrogens is 1. The molecule has 0 fully saturated rings. The van der Waals surface area contributed by atoms with Gasteiger partial charge in [-0.1, -0.05) is 6.07 Å². The molecule has 1 heterocycles. The van der Waals surface area contributed by atoms with Gasteiger partial charge >= 0.3 is 12.5 Å². The molecule has 1 aromatic carbocycles. The Balaban J connectivity index is 2.73. The number of hydrogen-bond donors (Lipinski definition) is 1. The highest BCUT2D eigenvalue weighted by molar-refractivity contribution is 5.86. The first-order chi connectivity index (χ1) is 9.49. The van der Waals surface area contributed by atoms with Crippen LogP contribution in [-0.4, -0.2) is 10.9 Å². The fourth-order valence-electron chi connectivity index (χ4n) is 1.93. The molecule has 3 nitrogen and oxygen atoms in total. The monoisotopic (exact) mass is 310 g/mol. The zero-order valence-electron chi connectivity index (χ0n) is 10.4. The molecule has 0 spiro atoms. The predicted molar refractivity (Wildman–Crippen MR) is 63.9 cm³/mol. The van der Waals surface area contributed by atoms with Crippen molar-refractivity contribution in [1.82, 2.24) is 4.57 Å². The molecule has 0 bridgehead atoms. The molecule has 9 heteroatoms. The van der Waals surface area contributed by atoms with E-state index in [2.05, 4.69) is 0 Å². The van der Waals surface area contributed by atoms with Gasteiger partial charge in [-0.2, -0.15) is 26.3 Å². The van der Waals surface area contributed by atoms with Crippen LogP contribution in [0.4, 0.5) is 32.0 Å². The molecule has 114 valence electrons. The molecular weight excluding hydrogens is 302 g/mol. The fourth-order valence-corrected chi connectivity index (χ4v) is 1.93. The number of nitrogens with zero attached hydrogens (tertiary/aromatic N) is 1. The van der Waals surface area contributed by atoms with Gasteiger partial charge in [-0.15, -0.1) is 0 Å². The summed E-state index contributed by atoms with van der Waals surface area (Å²) in [6, 6.07) is 3.03. The average molecular weight is 310 g/mol. The summed E-state index contributed by atoms with van der Waals surface area (Å²) in [7, 11) is 1.18. The highest BCUT2D eigenvalue weighted by Crippen LogP contribution is 2.34. The molecule has 0 saturated heterocycles. The minimum absolute atomic E-state index is 0.246. The second-order valence-electron chi connectivity index (χ2n) is 4.31. The van der Waals surface area contributed by atoms with Crippen molar-refractivity contribution in [1.29, 1.82) is 0 Å². The summed E-state index contributed by atoms with van der Waals surface area (Å²) in [6.07, 6.45) is -9.50. The lowest BCUT2D eigenvalue weighted by Crippen LogP contribution is -2.22. The van der Waals surface area contributed by atoms with Crippen molar-refractivity contribution >= 4 is 16.6 Å². The molecule has 1 aromatic heterocycles. The Morgan fingerprint density at radius 3 is 2.19 bits per heavy atom. The number of anilines is 1. The van der Waals surface area contributed by atoms with E-state index in [0.29, 0.717) is 6.07 Å². The number of nitrogens with one attached hydrogen (secondary N) is 1. The van der Waals surface area contributed by atoms with E-state index in [0.717, 1.165) is 22.8 Å². The van der Waals surface area contributed by atoms with E-state index in [1.54, 1.807) is 0 Å². The number of alkyl halides is 6. The summed E-state index contributed by atoms with van der Waals surface area (Å²) in [4.78, 5) is 11.5. The summed E-state index contributed by atoms with van der Waals surface area (Å²) < 4.78 is 76.1. The maximum absolute atomic E-state index is 12.9. The van der Waals surface area contributed by atoms with Gasteiger partial charge in [0.2, 0.25) is 0 Å². The van der Waals surface area contributed by atoms with Gasteiger partial charge in [0, 0.05) is 24.2 Å². The highest BCUT2D eigenvalue weighted by Gasteiger charge is 2.34. The second kappa shape index (κ2) is 4.68. The Morgan fingerprint density at radius 1 is 1.05 bits per heavy atom. The van der Waals surface area contributed by atoms with Crippen LogP contribution in [0.3, 0.4) is 0 Å². The Morgan fingerprint density at radius 2 is 1.67 bits per heavy atom. The van der Waals surface area contributed by atoms with Crippen molar-refractivity contribution in [3.8, 4) is 0 Å². The minimum atomic E-state index is -4.77. The third-order valence-electron chi connectivity index (χ3n) is 2.84. The van der Waals surface area contributed by atoms with Crippen LogP contribution < -0.4 is 10.9 Å². The summed E-state index contributed by atoms with van der Waals surface area (Å²) in [5.41, 5.74) is -2.84. The van der Waals surface area contributed by atoms with Gasteiger partial charge in [0.25, 0.3) is 5.56 Å². The van der Waals surface area contributed by atoms with Crippen LogP contribution in [0.2, 0.25) is 0 Å². The van der Waals surface area contributed by atoms with Crippen molar-refractivity contribution < 1.29 is 26.3 Å². The summed E-state index contributed by atoms with van der Waals surface area (Å²) in [5, 5.41) is 0.832. The Hall–Kier alpha value is -2.19. The first kappa shape index (κ1) is 15.2. The van der Waals surface area contributed by atoms with Crippen molar-refractivity contribution in [2.24, 2.45) is 7.05 Å². The van der Waals surface area contributed by atoms with Gasteiger partial charge in [0.1, 0.15) is 0 Å². The lowest BCUT2D eigenvalue weighted by atomic mass is 10.1. The maximum Gasteiger partial charge on any atom is 0.482 e. The molecule has 2 aromatic rings. The van der Waals surface area contributed by atoms with Crippen LogP contribution in [0.15, 0.2) is 29.1 Å². The average Bonchev–Trinajstić information content (AvgIpc) is 2.30. The van der Waals surface area contributed by atoms with E-state index in [9.17, 15) is 31.1 Å². The van der Waals surface area contributed by atoms with Gasteiger partial charge in [0.15, 0.2) is 0 Å². The van der Waals surface area contributed by atoms with Crippen molar-refractivity contribution in [2.75, 3.05) is 5.32 Å². The molecule has 0 aliphatic carbocycles. The first-order valence-electron chi connectivity index (χ1n) is 5.55. The molecule has 21 heavy (non-hydrogen) atoms. The summed E-state index contributed by atoms with van der Waals surface area (Å²) >= 11 is 0. The standard InChI is InChI=1S/C12H8F6N2O/c1-20-9-4-6(19-12(16,17)18)2-3-7(9)8(5-10(20)21)11(13,14)15/h2-5,19H,1H3. The third-order valence-corrected chi connectivity index (χ3v) is 2.84. The number of fused-ring (bicyclic) bond motifs is 1. The van der Waals surface area contributed by atoms with Crippen LogP contribution in [-0.2, 0) is 13.2 Å². The molecule has 2 rings (SSSR count). The number of aryl methyl sites for hydroxylation is 1. The third kappa shape index (κ3) is 3.11. The second-order valence-corrected chi connectivity index (χ2v) is 4.31. The van der Waals surface area contributed by atoms with Crippen molar-refractivity contribution in [2.45, 2.75) is 12.5 Å². The number of hydrogen-bond acceptors (Lipinski definition) is 2. The first-order valence-corrected chi connectivity index (χ1v) is 5.55. The molecule has 0 amide bonds. The van der Waals surface area contributed by atoms with Crippen LogP contribution >= 0.6 is 0 Å². The van der Waals surface area contributed by atoms with Gasteiger partial charge in [-0.05, 0) is 12.1 Å². The predicted octanol–water partition coefficient (Wildman–Crippen LogP) is 3.49. The Bertz CT molecular complexity index is 744. The van der Waals surface area contributed by atoms with E-state index in [1.165, 1.54) is 12.4 Å². The zero-order valence-corrected chi connectivity index (χ0v) is 10.4. The molecule has 0 saturated carbocycles. The van der Waals surface area contributed by atoms with E-state index >= 15 is 0 Å². The number of rotatable bonds is 1. The maximum atomic E-state index is 12.9. The zero-order chi connectivity index (χ0) is 16.0. The quantitative estimate of drug-likeness (QED) is 0.646.